The lowest BCUT2D eigenvalue weighted by Gasteiger charge is -2.24. The third-order valence-corrected chi connectivity index (χ3v) is 4.47. The van der Waals surface area contributed by atoms with Crippen LogP contribution >= 0.6 is 23.2 Å². The van der Waals surface area contributed by atoms with Gasteiger partial charge in [-0.25, -0.2) is 9.78 Å². The Labute approximate surface area is 164 Å². The van der Waals surface area contributed by atoms with E-state index in [-0.39, 0.29) is 12.1 Å². The number of aromatic nitrogens is 2. The molecule has 0 unspecified atom stereocenters. The molecule has 8 heteroatoms. The van der Waals surface area contributed by atoms with Crippen LogP contribution in [0.4, 0.5) is 4.79 Å². The van der Waals surface area contributed by atoms with Crippen molar-refractivity contribution in [3.63, 3.8) is 0 Å². The van der Waals surface area contributed by atoms with Crippen LogP contribution in [0.5, 0.6) is 0 Å². The third kappa shape index (κ3) is 5.90. The third-order valence-electron chi connectivity index (χ3n) is 3.74. The molecule has 2 amide bonds. The Morgan fingerprint density at radius 2 is 2.12 bits per heavy atom. The second-order valence-electron chi connectivity index (χ2n) is 6.24. The molecule has 1 N–H and O–H groups in total. The maximum atomic E-state index is 12.4. The zero-order chi connectivity index (χ0) is 19.1. The number of hydrogen-bond acceptors (Lipinski definition) is 3. The lowest BCUT2D eigenvalue weighted by molar-refractivity contribution is 0.143. The molecule has 0 aliphatic heterocycles. The van der Waals surface area contributed by atoms with Crippen molar-refractivity contribution in [2.24, 2.45) is 0 Å². The van der Waals surface area contributed by atoms with Crippen LogP contribution in [0.3, 0.4) is 0 Å². The van der Waals surface area contributed by atoms with Gasteiger partial charge >= 0.3 is 6.03 Å². The van der Waals surface area contributed by atoms with E-state index < -0.39 is 0 Å². The molecule has 0 saturated carbocycles. The topological polar surface area (TPSA) is 59.4 Å². The van der Waals surface area contributed by atoms with E-state index in [4.69, 9.17) is 27.9 Å². The molecule has 1 heterocycles. The first-order valence-electron chi connectivity index (χ1n) is 8.39. The summed E-state index contributed by atoms with van der Waals surface area (Å²) < 4.78 is 7.11. The van der Waals surface area contributed by atoms with Crippen molar-refractivity contribution in [1.82, 2.24) is 19.8 Å². The molecule has 26 heavy (non-hydrogen) atoms. The van der Waals surface area contributed by atoms with Gasteiger partial charge in [-0.1, -0.05) is 29.3 Å². The number of imidazole rings is 1. The largest absolute Gasteiger partial charge is 0.383 e. The predicted molar refractivity (Wildman–Crippen MR) is 104 cm³/mol. The van der Waals surface area contributed by atoms with Crippen LogP contribution in [0.25, 0.3) is 0 Å². The van der Waals surface area contributed by atoms with E-state index in [1.54, 1.807) is 24.3 Å². The second-order valence-corrected chi connectivity index (χ2v) is 7.05. The van der Waals surface area contributed by atoms with E-state index in [0.29, 0.717) is 36.3 Å². The van der Waals surface area contributed by atoms with E-state index in [9.17, 15) is 4.79 Å². The summed E-state index contributed by atoms with van der Waals surface area (Å²) in [4.78, 5) is 18.5. The number of nitrogens with zero attached hydrogens (tertiary/aromatic N) is 3. The fourth-order valence-electron chi connectivity index (χ4n) is 2.43. The number of amides is 2. The Hall–Kier alpha value is -1.76. The minimum Gasteiger partial charge on any atom is -0.383 e. The van der Waals surface area contributed by atoms with Gasteiger partial charge in [0.25, 0.3) is 0 Å². The standard InChI is InChI=1S/C18H24Cl2N4O2/c1-13(2)22-18(25)24(8-9-26-3)12-17-21-6-7-23(17)11-14-4-5-15(19)16(20)10-14/h4-7,10,13H,8-9,11-12H2,1-3H3,(H,22,25). The summed E-state index contributed by atoms with van der Waals surface area (Å²) in [5, 5.41) is 3.95. The summed E-state index contributed by atoms with van der Waals surface area (Å²) in [7, 11) is 1.61. The van der Waals surface area contributed by atoms with Gasteiger partial charge in [-0.2, -0.15) is 0 Å². The maximum absolute atomic E-state index is 12.4. The highest BCUT2D eigenvalue weighted by Crippen LogP contribution is 2.23. The van der Waals surface area contributed by atoms with Gasteiger partial charge in [0.1, 0.15) is 5.82 Å². The molecular weight excluding hydrogens is 375 g/mol. The number of carbonyl (C=O) groups excluding carboxylic acids is 1. The quantitative estimate of drug-likeness (QED) is 0.735. The van der Waals surface area contributed by atoms with Crippen LogP contribution < -0.4 is 5.32 Å². The molecule has 6 nitrogen and oxygen atoms in total. The average Bonchev–Trinajstić information content (AvgIpc) is 3.01. The monoisotopic (exact) mass is 398 g/mol. The second kappa shape index (κ2) is 9.80. The first-order chi connectivity index (χ1) is 12.4. The van der Waals surface area contributed by atoms with Crippen LogP contribution in [0, 0.1) is 0 Å². The zero-order valence-corrected chi connectivity index (χ0v) is 16.7. The van der Waals surface area contributed by atoms with Gasteiger partial charge in [-0.3, -0.25) is 0 Å². The van der Waals surface area contributed by atoms with Crippen LogP contribution in [0.15, 0.2) is 30.6 Å². The van der Waals surface area contributed by atoms with Gasteiger partial charge in [0, 0.05) is 38.6 Å². The van der Waals surface area contributed by atoms with Crippen molar-refractivity contribution in [1.29, 1.82) is 0 Å². The lowest BCUT2D eigenvalue weighted by atomic mass is 10.2. The molecule has 0 aliphatic carbocycles. The van der Waals surface area contributed by atoms with Gasteiger partial charge in [0.2, 0.25) is 0 Å². The SMILES string of the molecule is COCCN(Cc1nccn1Cc1ccc(Cl)c(Cl)c1)C(=O)NC(C)C. The predicted octanol–water partition coefficient (Wildman–Crippen LogP) is 3.80. The molecule has 0 spiro atoms. The molecule has 0 atom stereocenters. The van der Waals surface area contributed by atoms with Crippen molar-refractivity contribution in [2.45, 2.75) is 33.0 Å². The first kappa shape index (κ1) is 20.6. The molecule has 1 aromatic heterocycles. The molecule has 142 valence electrons. The summed E-state index contributed by atoms with van der Waals surface area (Å²) in [6, 6.07) is 5.45. The van der Waals surface area contributed by atoms with Crippen molar-refractivity contribution in [3.8, 4) is 0 Å². The first-order valence-corrected chi connectivity index (χ1v) is 9.14. The molecule has 0 bridgehead atoms. The number of benzene rings is 1. The Bertz CT molecular complexity index is 734. The highest BCUT2D eigenvalue weighted by molar-refractivity contribution is 6.42. The normalized spacial score (nSPS) is 11.0. The van der Waals surface area contributed by atoms with Crippen molar-refractivity contribution >= 4 is 29.2 Å². The van der Waals surface area contributed by atoms with Gasteiger partial charge in [-0.15, -0.1) is 0 Å². The van der Waals surface area contributed by atoms with Gasteiger partial charge in [0.15, 0.2) is 0 Å². The Morgan fingerprint density at radius 1 is 1.35 bits per heavy atom. The van der Waals surface area contributed by atoms with E-state index in [2.05, 4.69) is 10.3 Å². The number of hydrogen-bond donors (Lipinski definition) is 1. The minimum atomic E-state index is -0.138. The summed E-state index contributed by atoms with van der Waals surface area (Å²) in [5.74, 6) is 0.783. The highest BCUT2D eigenvalue weighted by Gasteiger charge is 2.17. The summed E-state index contributed by atoms with van der Waals surface area (Å²) >= 11 is 12.1. The molecule has 0 fully saturated rings. The molecule has 0 radical (unpaired) electrons. The van der Waals surface area contributed by atoms with Gasteiger partial charge in [-0.05, 0) is 31.5 Å². The number of nitrogens with one attached hydrogen (secondary N) is 1. The summed E-state index contributed by atoms with van der Waals surface area (Å²) in [6.45, 7) is 5.77. The Kier molecular flexibility index (Phi) is 7.75. The number of carbonyl (C=O) groups is 1. The van der Waals surface area contributed by atoms with E-state index in [1.165, 1.54) is 0 Å². The fraction of sp³-hybridized carbons (Fsp3) is 0.444. The maximum Gasteiger partial charge on any atom is 0.318 e. The smallest absolute Gasteiger partial charge is 0.318 e. The number of rotatable bonds is 8. The van der Waals surface area contributed by atoms with Crippen LogP contribution in [-0.4, -0.2) is 46.8 Å². The van der Waals surface area contributed by atoms with Gasteiger partial charge in [0.05, 0.1) is 23.2 Å². The van der Waals surface area contributed by atoms with E-state index in [0.717, 1.165) is 11.4 Å². The van der Waals surface area contributed by atoms with Crippen molar-refractivity contribution in [3.05, 3.63) is 52.0 Å². The van der Waals surface area contributed by atoms with Crippen LogP contribution in [0.1, 0.15) is 25.2 Å². The van der Waals surface area contributed by atoms with Gasteiger partial charge < -0.3 is 19.5 Å². The molecule has 2 aromatic rings. The molecule has 1 aromatic carbocycles. The summed E-state index contributed by atoms with van der Waals surface area (Å²) in [6.07, 6.45) is 3.61. The molecular formula is C18H24Cl2N4O2. The Balaban J connectivity index is 2.13. The average molecular weight is 399 g/mol. The highest BCUT2D eigenvalue weighted by atomic mass is 35.5. The van der Waals surface area contributed by atoms with Crippen molar-refractivity contribution < 1.29 is 9.53 Å². The number of halogens is 2. The lowest BCUT2D eigenvalue weighted by Crippen LogP contribution is -2.44. The number of ether oxygens (including phenoxy) is 1. The molecule has 0 saturated heterocycles. The Morgan fingerprint density at radius 3 is 2.77 bits per heavy atom. The zero-order valence-electron chi connectivity index (χ0n) is 15.2. The number of methoxy groups -OCH3 is 1. The van der Waals surface area contributed by atoms with Crippen LogP contribution in [-0.2, 0) is 17.8 Å². The number of urea groups is 1. The van der Waals surface area contributed by atoms with Crippen molar-refractivity contribution in [2.75, 3.05) is 20.3 Å². The minimum absolute atomic E-state index is 0.0588. The fourth-order valence-corrected chi connectivity index (χ4v) is 2.75. The van der Waals surface area contributed by atoms with E-state index >= 15 is 0 Å². The molecule has 0 aliphatic rings. The molecule has 2 rings (SSSR count). The summed E-state index contributed by atoms with van der Waals surface area (Å²) in [5.41, 5.74) is 1.01. The van der Waals surface area contributed by atoms with Crippen LogP contribution in [0.2, 0.25) is 10.0 Å². The van der Waals surface area contributed by atoms with E-state index in [1.807, 2.05) is 36.7 Å².